The number of hydrogen-bond donors (Lipinski definition) is 1. The van der Waals surface area contributed by atoms with Crippen LogP contribution in [0.25, 0.3) is 0 Å². The minimum Gasteiger partial charge on any atom is -0.330 e. The lowest BCUT2D eigenvalue weighted by Gasteiger charge is -2.08. The highest BCUT2D eigenvalue weighted by atomic mass is 35.5. The summed E-state index contributed by atoms with van der Waals surface area (Å²) < 4.78 is 0. The van der Waals surface area contributed by atoms with Crippen molar-refractivity contribution in [1.82, 2.24) is 0 Å². The van der Waals surface area contributed by atoms with Gasteiger partial charge in [0.1, 0.15) is 0 Å². The number of nitrogens with two attached hydrogens (primary N) is 1. The first-order chi connectivity index (χ1) is 6.29. The molecule has 1 nitrogen and oxygen atoms in total. The van der Waals surface area contributed by atoms with Gasteiger partial charge in [-0.2, -0.15) is 0 Å². The lowest BCUT2D eigenvalue weighted by atomic mass is 10.1. The minimum atomic E-state index is 0.654. The molecule has 2 N–H and O–H groups in total. The Kier molecular flexibility index (Phi) is 4.64. The lowest BCUT2D eigenvalue weighted by Crippen LogP contribution is -2.04. The fourth-order valence-electron chi connectivity index (χ4n) is 1.22. The molecule has 0 heterocycles. The summed E-state index contributed by atoms with van der Waals surface area (Å²) in [4.78, 5) is 1.26. The summed E-state index contributed by atoms with van der Waals surface area (Å²) in [5.74, 6) is 1.07. The molecule has 0 aliphatic rings. The summed E-state index contributed by atoms with van der Waals surface area (Å²) >= 11 is 7.89. The highest BCUT2D eigenvalue weighted by molar-refractivity contribution is 7.99. The van der Waals surface area contributed by atoms with Crippen LogP contribution >= 0.6 is 23.4 Å². The fourth-order valence-corrected chi connectivity index (χ4v) is 2.41. The largest absolute Gasteiger partial charge is 0.330 e. The number of hydrogen-bond acceptors (Lipinski definition) is 2. The molecule has 0 fully saturated rings. The molecular formula is C10H14ClNS. The van der Waals surface area contributed by atoms with Crippen molar-refractivity contribution in [1.29, 1.82) is 0 Å². The lowest BCUT2D eigenvalue weighted by molar-refractivity contribution is 0.945. The maximum atomic E-state index is 6.08. The molecule has 1 aromatic rings. The van der Waals surface area contributed by atoms with Crippen LogP contribution in [-0.4, -0.2) is 12.3 Å². The first-order valence-corrected chi connectivity index (χ1v) is 5.76. The van der Waals surface area contributed by atoms with Gasteiger partial charge in [-0.3, -0.25) is 0 Å². The van der Waals surface area contributed by atoms with Crippen molar-refractivity contribution in [2.45, 2.75) is 18.2 Å². The summed E-state index contributed by atoms with van der Waals surface area (Å²) in [6.45, 7) is 2.79. The molecule has 13 heavy (non-hydrogen) atoms. The summed E-state index contributed by atoms with van der Waals surface area (Å²) in [7, 11) is 0. The van der Waals surface area contributed by atoms with Gasteiger partial charge in [0.2, 0.25) is 0 Å². The van der Waals surface area contributed by atoms with Crippen molar-refractivity contribution in [3.05, 3.63) is 28.8 Å². The predicted molar refractivity (Wildman–Crippen MR) is 60.6 cm³/mol. The van der Waals surface area contributed by atoms with Gasteiger partial charge in [-0.25, -0.2) is 0 Å². The number of halogens is 1. The maximum Gasteiger partial charge on any atom is 0.0449 e. The highest BCUT2D eigenvalue weighted by Crippen LogP contribution is 2.28. The maximum absolute atomic E-state index is 6.08. The van der Waals surface area contributed by atoms with E-state index in [0.29, 0.717) is 6.54 Å². The number of thioether (sulfide) groups is 1. The molecular weight excluding hydrogens is 202 g/mol. The highest BCUT2D eigenvalue weighted by Gasteiger charge is 2.05. The van der Waals surface area contributed by atoms with Crippen LogP contribution in [0.15, 0.2) is 23.1 Å². The van der Waals surface area contributed by atoms with Crippen molar-refractivity contribution in [2.75, 3.05) is 12.3 Å². The van der Waals surface area contributed by atoms with Crippen LogP contribution in [0.1, 0.15) is 12.5 Å². The third kappa shape index (κ3) is 2.90. The molecule has 0 bridgehead atoms. The van der Waals surface area contributed by atoms with Gasteiger partial charge in [-0.15, -0.1) is 11.8 Å². The van der Waals surface area contributed by atoms with Crippen LogP contribution in [-0.2, 0) is 6.42 Å². The Hall–Kier alpha value is -0.180. The zero-order valence-electron chi connectivity index (χ0n) is 7.72. The standard InChI is InChI=1S/C10H14ClNS/c1-2-13-10-5-3-4-9(11)8(10)6-7-12/h3-5H,2,6-7,12H2,1H3. The second-order valence-electron chi connectivity index (χ2n) is 2.69. The van der Waals surface area contributed by atoms with Crippen molar-refractivity contribution in [3.63, 3.8) is 0 Å². The van der Waals surface area contributed by atoms with Gasteiger partial charge in [0, 0.05) is 9.92 Å². The Balaban J connectivity index is 2.95. The smallest absolute Gasteiger partial charge is 0.0449 e. The van der Waals surface area contributed by atoms with Gasteiger partial charge in [0.05, 0.1) is 0 Å². The third-order valence-corrected chi connectivity index (χ3v) is 3.11. The van der Waals surface area contributed by atoms with Gasteiger partial charge < -0.3 is 5.73 Å². The summed E-state index contributed by atoms with van der Waals surface area (Å²) in [5.41, 5.74) is 6.72. The Morgan fingerprint density at radius 2 is 2.23 bits per heavy atom. The molecule has 72 valence electrons. The molecule has 0 saturated heterocycles. The molecule has 0 aromatic heterocycles. The van der Waals surface area contributed by atoms with Crippen LogP contribution in [0.2, 0.25) is 5.02 Å². The molecule has 0 aliphatic heterocycles. The molecule has 1 rings (SSSR count). The quantitative estimate of drug-likeness (QED) is 0.782. The van der Waals surface area contributed by atoms with Crippen LogP contribution in [0.3, 0.4) is 0 Å². The Bertz CT molecular complexity index is 276. The van der Waals surface area contributed by atoms with Crippen molar-refractivity contribution in [2.24, 2.45) is 5.73 Å². The Morgan fingerprint density at radius 1 is 1.46 bits per heavy atom. The van der Waals surface area contributed by atoms with Gasteiger partial charge in [-0.05, 0) is 36.4 Å². The zero-order valence-corrected chi connectivity index (χ0v) is 9.29. The SMILES string of the molecule is CCSc1cccc(Cl)c1CCN. The zero-order chi connectivity index (χ0) is 9.68. The molecule has 0 aliphatic carbocycles. The summed E-state index contributed by atoms with van der Waals surface area (Å²) in [6.07, 6.45) is 0.863. The van der Waals surface area contributed by atoms with Crippen LogP contribution < -0.4 is 5.73 Å². The van der Waals surface area contributed by atoms with E-state index in [1.165, 1.54) is 10.5 Å². The van der Waals surface area contributed by atoms with Gasteiger partial charge in [0.15, 0.2) is 0 Å². The molecule has 1 aromatic carbocycles. The average Bonchev–Trinajstić information content (AvgIpc) is 2.11. The summed E-state index contributed by atoms with van der Waals surface area (Å²) in [6, 6.07) is 6.01. The second kappa shape index (κ2) is 5.53. The molecule has 0 atom stereocenters. The van der Waals surface area contributed by atoms with E-state index < -0.39 is 0 Å². The minimum absolute atomic E-state index is 0.654. The molecule has 0 radical (unpaired) electrons. The fraction of sp³-hybridized carbons (Fsp3) is 0.400. The number of benzene rings is 1. The van der Waals surface area contributed by atoms with Crippen molar-refractivity contribution in [3.8, 4) is 0 Å². The first-order valence-electron chi connectivity index (χ1n) is 4.39. The van der Waals surface area contributed by atoms with E-state index >= 15 is 0 Å². The monoisotopic (exact) mass is 215 g/mol. The van der Waals surface area contributed by atoms with E-state index in [2.05, 4.69) is 13.0 Å². The van der Waals surface area contributed by atoms with E-state index in [0.717, 1.165) is 17.2 Å². The molecule has 0 saturated carbocycles. The summed E-state index contributed by atoms with van der Waals surface area (Å²) in [5, 5.41) is 0.837. The second-order valence-corrected chi connectivity index (χ2v) is 4.40. The Labute approximate surface area is 88.7 Å². The van der Waals surface area contributed by atoms with E-state index in [4.69, 9.17) is 17.3 Å². The van der Waals surface area contributed by atoms with Crippen LogP contribution in [0.5, 0.6) is 0 Å². The van der Waals surface area contributed by atoms with Crippen molar-refractivity contribution >= 4 is 23.4 Å². The topological polar surface area (TPSA) is 26.0 Å². The Morgan fingerprint density at radius 3 is 2.85 bits per heavy atom. The van der Waals surface area contributed by atoms with Crippen molar-refractivity contribution < 1.29 is 0 Å². The molecule has 0 spiro atoms. The first kappa shape index (κ1) is 10.9. The van der Waals surface area contributed by atoms with Gasteiger partial charge in [0.25, 0.3) is 0 Å². The van der Waals surface area contributed by atoms with Crippen LogP contribution in [0, 0.1) is 0 Å². The third-order valence-electron chi connectivity index (χ3n) is 1.77. The van der Waals surface area contributed by atoms with E-state index in [-0.39, 0.29) is 0 Å². The van der Waals surface area contributed by atoms with Crippen LogP contribution in [0.4, 0.5) is 0 Å². The average molecular weight is 216 g/mol. The van der Waals surface area contributed by atoms with Gasteiger partial charge in [-0.1, -0.05) is 24.6 Å². The molecule has 3 heteroatoms. The van der Waals surface area contributed by atoms with Gasteiger partial charge >= 0.3 is 0 Å². The number of rotatable bonds is 4. The van der Waals surface area contributed by atoms with E-state index in [9.17, 15) is 0 Å². The molecule has 0 unspecified atom stereocenters. The van der Waals surface area contributed by atoms with E-state index in [1.807, 2.05) is 23.9 Å². The van der Waals surface area contributed by atoms with E-state index in [1.54, 1.807) is 0 Å². The molecule has 0 amide bonds. The predicted octanol–water partition coefficient (Wildman–Crippen LogP) is 2.95. The normalized spacial score (nSPS) is 10.4.